The van der Waals surface area contributed by atoms with E-state index in [1.165, 1.54) is 11.1 Å². The van der Waals surface area contributed by atoms with Crippen LogP contribution in [0.2, 0.25) is 0 Å². The van der Waals surface area contributed by atoms with Gasteiger partial charge < -0.3 is 15.4 Å². The summed E-state index contributed by atoms with van der Waals surface area (Å²) in [5, 5.41) is 6.29. The summed E-state index contributed by atoms with van der Waals surface area (Å²) < 4.78 is 5.79. The number of rotatable bonds is 7. The molecule has 0 bridgehead atoms. The van der Waals surface area contributed by atoms with Gasteiger partial charge in [0.05, 0.1) is 6.61 Å². The average molecular weight is 304 g/mol. The number of fused-ring (bicyclic) bond motifs is 1. The molecule has 1 heterocycles. The van der Waals surface area contributed by atoms with Crippen LogP contribution in [0.1, 0.15) is 50.8 Å². The molecule has 4 heteroatoms. The summed E-state index contributed by atoms with van der Waals surface area (Å²) in [5.41, 5.74) is 2.93. The van der Waals surface area contributed by atoms with Crippen molar-refractivity contribution in [2.75, 3.05) is 19.7 Å². The third-order valence-corrected chi connectivity index (χ3v) is 3.82. The van der Waals surface area contributed by atoms with Crippen LogP contribution in [0.4, 0.5) is 0 Å². The van der Waals surface area contributed by atoms with Crippen molar-refractivity contribution in [1.82, 2.24) is 10.6 Å². The first-order chi connectivity index (χ1) is 10.5. The molecule has 0 radical (unpaired) electrons. The third kappa shape index (κ3) is 5.02. The first kappa shape index (κ1) is 16.8. The predicted molar refractivity (Wildman–Crippen MR) is 89.1 cm³/mol. The minimum atomic E-state index is 0.285. The van der Waals surface area contributed by atoms with Crippen molar-refractivity contribution in [3.8, 4) is 5.75 Å². The van der Waals surface area contributed by atoms with Gasteiger partial charge in [-0.2, -0.15) is 0 Å². The molecule has 1 aromatic carbocycles. The molecule has 4 nitrogen and oxygen atoms in total. The molecule has 1 aromatic rings. The zero-order valence-electron chi connectivity index (χ0n) is 13.9. The Balaban J connectivity index is 2.01. The van der Waals surface area contributed by atoms with Crippen LogP contribution in [-0.4, -0.2) is 26.1 Å². The Bertz CT molecular complexity index is 494. The van der Waals surface area contributed by atoms with E-state index in [0.717, 1.165) is 51.1 Å². The molecule has 22 heavy (non-hydrogen) atoms. The van der Waals surface area contributed by atoms with Crippen LogP contribution in [0.25, 0.3) is 0 Å². The van der Waals surface area contributed by atoms with Crippen LogP contribution in [0.3, 0.4) is 0 Å². The van der Waals surface area contributed by atoms with E-state index in [1.807, 2.05) is 0 Å². The molecular weight excluding hydrogens is 276 g/mol. The molecule has 0 aromatic heterocycles. The van der Waals surface area contributed by atoms with Crippen molar-refractivity contribution in [3.05, 3.63) is 29.3 Å². The van der Waals surface area contributed by atoms with E-state index in [2.05, 4.69) is 49.6 Å². The van der Waals surface area contributed by atoms with E-state index < -0.39 is 0 Å². The summed E-state index contributed by atoms with van der Waals surface area (Å²) in [7, 11) is 0. The van der Waals surface area contributed by atoms with Crippen molar-refractivity contribution in [1.29, 1.82) is 0 Å². The summed E-state index contributed by atoms with van der Waals surface area (Å²) in [5.74, 6) is 1.01. The van der Waals surface area contributed by atoms with Gasteiger partial charge in [0.15, 0.2) is 0 Å². The van der Waals surface area contributed by atoms with Gasteiger partial charge in [0, 0.05) is 24.6 Å². The predicted octanol–water partition coefficient (Wildman–Crippen LogP) is 2.82. The van der Waals surface area contributed by atoms with Crippen LogP contribution < -0.4 is 15.4 Å². The Morgan fingerprint density at radius 1 is 1.32 bits per heavy atom. The number of amides is 1. The highest BCUT2D eigenvalue weighted by Gasteiger charge is 2.22. The molecule has 1 aliphatic rings. The van der Waals surface area contributed by atoms with Gasteiger partial charge in [-0.15, -0.1) is 0 Å². The number of carbonyl (C=O) groups is 1. The Kier molecular flexibility index (Phi) is 5.83. The molecule has 1 aliphatic heterocycles. The van der Waals surface area contributed by atoms with Crippen molar-refractivity contribution in [2.24, 2.45) is 5.41 Å². The molecule has 0 saturated carbocycles. The molecule has 1 atom stereocenters. The second-order valence-electron chi connectivity index (χ2n) is 7.18. The molecule has 2 rings (SSSR count). The lowest BCUT2D eigenvalue weighted by Gasteiger charge is -2.28. The van der Waals surface area contributed by atoms with Gasteiger partial charge in [-0.1, -0.05) is 32.9 Å². The van der Waals surface area contributed by atoms with Gasteiger partial charge in [0.2, 0.25) is 6.41 Å². The summed E-state index contributed by atoms with van der Waals surface area (Å²) >= 11 is 0. The van der Waals surface area contributed by atoms with E-state index in [4.69, 9.17) is 4.74 Å². The zero-order chi connectivity index (χ0) is 16.0. The summed E-state index contributed by atoms with van der Waals surface area (Å²) in [6, 6.07) is 6.93. The van der Waals surface area contributed by atoms with E-state index in [1.54, 1.807) is 0 Å². The SMILES string of the molecule is CC(C)(C)Cc1ccc2c(c1)C(NCCCNC=O)CCO2. The maximum absolute atomic E-state index is 10.2. The van der Waals surface area contributed by atoms with Gasteiger partial charge in [0.25, 0.3) is 0 Å². The van der Waals surface area contributed by atoms with Gasteiger partial charge in [0.1, 0.15) is 5.75 Å². The number of benzene rings is 1. The minimum Gasteiger partial charge on any atom is -0.493 e. The van der Waals surface area contributed by atoms with Crippen molar-refractivity contribution in [2.45, 2.75) is 46.1 Å². The van der Waals surface area contributed by atoms with Gasteiger partial charge in [-0.3, -0.25) is 4.79 Å². The smallest absolute Gasteiger partial charge is 0.207 e. The van der Waals surface area contributed by atoms with E-state index in [0.29, 0.717) is 6.04 Å². The molecular formula is C18H28N2O2. The standard InChI is InChI=1S/C18H28N2O2/c1-18(2,3)12-14-5-6-17-15(11-14)16(7-10-22-17)20-9-4-8-19-13-21/h5-6,11,13,16,20H,4,7-10,12H2,1-3H3,(H,19,21). The number of hydrogen-bond acceptors (Lipinski definition) is 3. The van der Waals surface area contributed by atoms with Crippen molar-refractivity contribution < 1.29 is 9.53 Å². The summed E-state index contributed by atoms with van der Waals surface area (Å²) in [6.07, 6.45) is 3.75. The van der Waals surface area contributed by atoms with Crippen molar-refractivity contribution >= 4 is 6.41 Å². The molecule has 122 valence electrons. The normalized spacial score (nSPS) is 17.5. The second kappa shape index (κ2) is 7.63. The Morgan fingerprint density at radius 2 is 2.14 bits per heavy atom. The van der Waals surface area contributed by atoms with Crippen LogP contribution >= 0.6 is 0 Å². The van der Waals surface area contributed by atoms with E-state index >= 15 is 0 Å². The average Bonchev–Trinajstić information content (AvgIpc) is 2.45. The van der Waals surface area contributed by atoms with Crippen LogP contribution in [0, 0.1) is 5.41 Å². The fourth-order valence-electron chi connectivity index (χ4n) is 2.90. The number of carbonyl (C=O) groups excluding carboxylic acids is 1. The van der Waals surface area contributed by atoms with Crippen LogP contribution in [0.15, 0.2) is 18.2 Å². The van der Waals surface area contributed by atoms with Crippen molar-refractivity contribution in [3.63, 3.8) is 0 Å². The maximum Gasteiger partial charge on any atom is 0.207 e. The Labute approximate surface area is 133 Å². The highest BCUT2D eigenvalue weighted by Crippen LogP contribution is 2.34. The number of nitrogens with one attached hydrogen (secondary N) is 2. The maximum atomic E-state index is 10.2. The fraction of sp³-hybridized carbons (Fsp3) is 0.611. The number of ether oxygens (including phenoxy) is 1. The molecule has 2 N–H and O–H groups in total. The lowest BCUT2D eigenvalue weighted by molar-refractivity contribution is -0.109. The lowest BCUT2D eigenvalue weighted by atomic mass is 9.86. The molecule has 1 unspecified atom stereocenters. The fourth-order valence-corrected chi connectivity index (χ4v) is 2.90. The van der Waals surface area contributed by atoms with Gasteiger partial charge in [-0.05, 0) is 36.4 Å². The van der Waals surface area contributed by atoms with Crippen LogP contribution in [-0.2, 0) is 11.2 Å². The Hall–Kier alpha value is -1.55. The highest BCUT2D eigenvalue weighted by molar-refractivity contribution is 5.45. The van der Waals surface area contributed by atoms with E-state index in [-0.39, 0.29) is 5.41 Å². The Morgan fingerprint density at radius 3 is 2.86 bits per heavy atom. The molecule has 1 amide bonds. The topological polar surface area (TPSA) is 50.4 Å². The van der Waals surface area contributed by atoms with Crippen LogP contribution in [0.5, 0.6) is 5.75 Å². The summed E-state index contributed by atoms with van der Waals surface area (Å²) in [6.45, 7) is 9.16. The highest BCUT2D eigenvalue weighted by atomic mass is 16.5. The first-order valence-electron chi connectivity index (χ1n) is 8.16. The monoisotopic (exact) mass is 304 g/mol. The quantitative estimate of drug-likeness (QED) is 0.601. The largest absolute Gasteiger partial charge is 0.493 e. The molecule has 0 fully saturated rings. The number of hydrogen-bond donors (Lipinski definition) is 2. The zero-order valence-corrected chi connectivity index (χ0v) is 13.9. The lowest BCUT2D eigenvalue weighted by Crippen LogP contribution is -2.29. The molecule has 0 aliphatic carbocycles. The van der Waals surface area contributed by atoms with Gasteiger partial charge >= 0.3 is 0 Å². The first-order valence-corrected chi connectivity index (χ1v) is 8.16. The van der Waals surface area contributed by atoms with E-state index in [9.17, 15) is 4.79 Å². The molecule has 0 saturated heterocycles. The third-order valence-electron chi connectivity index (χ3n) is 3.82. The second-order valence-corrected chi connectivity index (χ2v) is 7.18. The molecule has 0 spiro atoms. The summed E-state index contributed by atoms with van der Waals surface area (Å²) in [4.78, 5) is 10.2. The minimum absolute atomic E-state index is 0.285. The van der Waals surface area contributed by atoms with Gasteiger partial charge in [-0.25, -0.2) is 0 Å².